The van der Waals surface area contributed by atoms with Crippen molar-refractivity contribution in [3.63, 3.8) is 0 Å². The van der Waals surface area contributed by atoms with E-state index < -0.39 is 4.92 Å². The van der Waals surface area contributed by atoms with Crippen molar-refractivity contribution in [3.05, 3.63) is 62.1 Å². The summed E-state index contributed by atoms with van der Waals surface area (Å²) >= 11 is 3.34. The third-order valence-electron chi connectivity index (χ3n) is 3.01. The first-order valence-corrected chi connectivity index (χ1v) is 6.73. The number of nitrogens with zero attached hydrogens (tertiary/aromatic N) is 1. The van der Waals surface area contributed by atoms with Crippen LogP contribution in [0.1, 0.15) is 11.1 Å². The third-order valence-corrected chi connectivity index (χ3v) is 3.51. The van der Waals surface area contributed by atoms with Gasteiger partial charge in [0, 0.05) is 33.9 Å². The molecule has 2 aromatic rings. The van der Waals surface area contributed by atoms with E-state index in [0.717, 1.165) is 4.47 Å². The summed E-state index contributed by atoms with van der Waals surface area (Å²) in [6.07, 6.45) is 0. The molecule has 0 saturated heterocycles. The van der Waals surface area contributed by atoms with Gasteiger partial charge in [0.05, 0.1) is 4.92 Å². The molecular weight excluding hydrogens is 324 g/mol. The molecule has 2 N–H and O–H groups in total. The van der Waals surface area contributed by atoms with E-state index in [2.05, 4.69) is 21.2 Å². The first-order valence-electron chi connectivity index (χ1n) is 5.94. The molecule has 0 aliphatic heterocycles. The highest BCUT2D eigenvalue weighted by molar-refractivity contribution is 9.10. The van der Waals surface area contributed by atoms with Crippen molar-refractivity contribution in [1.29, 1.82) is 0 Å². The number of phenols is 1. The number of nitro benzene ring substituents is 1. The van der Waals surface area contributed by atoms with Gasteiger partial charge in [0.15, 0.2) is 0 Å². The van der Waals surface area contributed by atoms with Gasteiger partial charge < -0.3 is 10.4 Å². The number of rotatable bonds is 4. The van der Waals surface area contributed by atoms with E-state index in [-0.39, 0.29) is 11.4 Å². The highest BCUT2D eigenvalue weighted by Gasteiger charge is 2.13. The van der Waals surface area contributed by atoms with Gasteiger partial charge in [0.25, 0.3) is 5.69 Å². The minimum Gasteiger partial charge on any atom is -0.508 e. The highest BCUT2D eigenvalue weighted by Crippen LogP contribution is 2.27. The molecule has 20 heavy (non-hydrogen) atoms. The number of halogens is 1. The maximum atomic E-state index is 10.9. The standard InChI is InChI=1S/C14H13BrN2O3/c1-9-12(3-2-4-13(9)17(19)20)16-8-10-7-11(15)5-6-14(10)18/h2-7,16,18H,8H2,1H3. The fourth-order valence-corrected chi connectivity index (χ4v) is 2.31. The minimum absolute atomic E-state index is 0.0773. The summed E-state index contributed by atoms with van der Waals surface area (Å²) in [4.78, 5) is 10.5. The van der Waals surface area contributed by atoms with Crippen molar-refractivity contribution in [1.82, 2.24) is 0 Å². The van der Waals surface area contributed by atoms with Crippen molar-refractivity contribution in [2.75, 3.05) is 5.32 Å². The fourth-order valence-electron chi connectivity index (χ4n) is 1.90. The molecule has 0 spiro atoms. The summed E-state index contributed by atoms with van der Waals surface area (Å²) in [6.45, 7) is 2.08. The Labute approximate surface area is 124 Å². The molecule has 0 heterocycles. The summed E-state index contributed by atoms with van der Waals surface area (Å²) in [6, 6.07) is 10.0. The molecule has 0 aliphatic rings. The Hall–Kier alpha value is -2.08. The Morgan fingerprint density at radius 1 is 1.35 bits per heavy atom. The Morgan fingerprint density at radius 2 is 2.10 bits per heavy atom. The van der Waals surface area contributed by atoms with Crippen molar-refractivity contribution < 1.29 is 10.0 Å². The average molecular weight is 337 g/mol. The summed E-state index contributed by atoms with van der Waals surface area (Å²) in [5, 5.41) is 23.7. The molecular formula is C14H13BrN2O3. The zero-order valence-corrected chi connectivity index (χ0v) is 12.3. The maximum Gasteiger partial charge on any atom is 0.274 e. The molecule has 2 aromatic carbocycles. The van der Waals surface area contributed by atoms with Crippen LogP contribution < -0.4 is 5.32 Å². The molecule has 104 valence electrons. The van der Waals surface area contributed by atoms with E-state index in [1.54, 1.807) is 37.3 Å². The Balaban J connectivity index is 2.21. The van der Waals surface area contributed by atoms with Crippen LogP contribution in [-0.4, -0.2) is 10.0 Å². The topological polar surface area (TPSA) is 75.4 Å². The second-order valence-corrected chi connectivity index (χ2v) is 5.25. The quantitative estimate of drug-likeness (QED) is 0.654. The van der Waals surface area contributed by atoms with E-state index >= 15 is 0 Å². The summed E-state index contributed by atoms with van der Waals surface area (Å²) in [5.74, 6) is 0.184. The molecule has 5 nitrogen and oxygen atoms in total. The van der Waals surface area contributed by atoms with E-state index in [1.807, 2.05) is 0 Å². The van der Waals surface area contributed by atoms with Gasteiger partial charge in [0.2, 0.25) is 0 Å². The van der Waals surface area contributed by atoms with Gasteiger partial charge in [-0.3, -0.25) is 10.1 Å². The Morgan fingerprint density at radius 3 is 2.80 bits per heavy atom. The van der Waals surface area contributed by atoms with Crippen molar-refractivity contribution >= 4 is 27.3 Å². The van der Waals surface area contributed by atoms with Crippen LogP contribution in [0.25, 0.3) is 0 Å². The lowest BCUT2D eigenvalue weighted by atomic mass is 10.1. The summed E-state index contributed by atoms with van der Waals surface area (Å²) in [7, 11) is 0. The number of nitro groups is 1. The van der Waals surface area contributed by atoms with Gasteiger partial charge in [-0.15, -0.1) is 0 Å². The van der Waals surface area contributed by atoms with Crippen LogP contribution in [0.5, 0.6) is 5.75 Å². The SMILES string of the molecule is Cc1c(NCc2cc(Br)ccc2O)cccc1[N+](=O)[O-]. The number of aromatic hydroxyl groups is 1. The van der Waals surface area contributed by atoms with E-state index in [9.17, 15) is 15.2 Å². The number of nitrogens with one attached hydrogen (secondary N) is 1. The number of phenolic OH excluding ortho intramolecular Hbond substituents is 1. The molecule has 0 radical (unpaired) electrons. The second kappa shape index (κ2) is 5.92. The molecule has 0 saturated carbocycles. The molecule has 0 aromatic heterocycles. The van der Waals surface area contributed by atoms with Gasteiger partial charge in [0.1, 0.15) is 5.75 Å². The van der Waals surface area contributed by atoms with Crippen LogP contribution in [0.3, 0.4) is 0 Å². The predicted octanol–water partition coefficient (Wildman–Crippen LogP) is 3.98. The summed E-state index contributed by atoms with van der Waals surface area (Å²) in [5.41, 5.74) is 2.05. The van der Waals surface area contributed by atoms with Crippen LogP contribution in [0, 0.1) is 17.0 Å². The van der Waals surface area contributed by atoms with Crippen LogP contribution in [0.2, 0.25) is 0 Å². The molecule has 0 aliphatic carbocycles. The molecule has 2 rings (SSSR count). The Kier molecular flexibility index (Phi) is 4.24. The van der Waals surface area contributed by atoms with Gasteiger partial charge in [-0.25, -0.2) is 0 Å². The smallest absolute Gasteiger partial charge is 0.274 e. The number of anilines is 1. The fraction of sp³-hybridized carbons (Fsp3) is 0.143. The monoisotopic (exact) mass is 336 g/mol. The zero-order chi connectivity index (χ0) is 14.7. The van der Waals surface area contributed by atoms with Crippen molar-refractivity contribution in [2.45, 2.75) is 13.5 Å². The van der Waals surface area contributed by atoms with Crippen molar-refractivity contribution in [2.24, 2.45) is 0 Å². The average Bonchev–Trinajstić information content (AvgIpc) is 2.41. The van der Waals surface area contributed by atoms with Crippen molar-refractivity contribution in [3.8, 4) is 5.75 Å². The van der Waals surface area contributed by atoms with Gasteiger partial charge >= 0.3 is 0 Å². The lowest BCUT2D eigenvalue weighted by molar-refractivity contribution is -0.385. The maximum absolute atomic E-state index is 10.9. The molecule has 0 bridgehead atoms. The first-order chi connectivity index (χ1) is 9.49. The van der Waals surface area contributed by atoms with Gasteiger partial charge in [-0.05, 0) is 31.2 Å². The van der Waals surface area contributed by atoms with Gasteiger partial charge in [-0.1, -0.05) is 22.0 Å². The van der Waals surface area contributed by atoms with Gasteiger partial charge in [-0.2, -0.15) is 0 Å². The van der Waals surface area contributed by atoms with Crippen LogP contribution in [-0.2, 0) is 6.54 Å². The number of hydrogen-bond acceptors (Lipinski definition) is 4. The third kappa shape index (κ3) is 3.08. The molecule has 0 atom stereocenters. The first kappa shape index (κ1) is 14.3. The Bertz CT molecular complexity index is 659. The van der Waals surface area contributed by atoms with E-state index in [1.165, 1.54) is 6.07 Å². The zero-order valence-electron chi connectivity index (χ0n) is 10.8. The summed E-state index contributed by atoms with van der Waals surface area (Å²) < 4.78 is 0.864. The second-order valence-electron chi connectivity index (χ2n) is 4.33. The normalized spacial score (nSPS) is 10.3. The largest absolute Gasteiger partial charge is 0.508 e. The van der Waals surface area contributed by atoms with Crippen LogP contribution in [0.15, 0.2) is 40.9 Å². The molecule has 6 heteroatoms. The van der Waals surface area contributed by atoms with Crippen LogP contribution in [0.4, 0.5) is 11.4 Å². The molecule has 0 amide bonds. The highest BCUT2D eigenvalue weighted by atomic mass is 79.9. The number of benzene rings is 2. The molecule has 0 fully saturated rings. The molecule has 0 unspecified atom stereocenters. The van der Waals surface area contributed by atoms with E-state index in [0.29, 0.717) is 23.4 Å². The minimum atomic E-state index is -0.406. The lowest BCUT2D eigenvalue weighted by Crippen LogP contribution is -2.03. The predicted molar refractivity (Wildman–Crippen MR) is 81.0 cm³/mol. The van der Waals surface area contributed by atoms with Crippen LogP contribution >= 0.6 is 15.9 Å². The lowest BCUT2D eigenvalue weighted by Gasteiger charge is -2.11. The number of hydrogen-bond donors (Lipinski definition) is 2. The van der Waals surface area contributed by atoms with E-state index in [4.69, 9.17) is 0 Å².